The highest BCUT2D eigenvalue weighted by Crippen LogP contribution is 2.24. The van der Waals surface area contributed by atoms with Gasteiger partial charge in [-0.2, -0.15) is 0 Å². The quantitative estimate of drug-likeness (QED) is 0.924. The number of ether oxygens (including phenoxy) is 1. The van der Waals surface area contributed by atoms with Crippen molar-refractivity contribution in [3.05, 3.63) is 34.9 Å². The molecule has 2 rings (SSSR count). The van der Waals surface area contributed by atoms with Crippen molar-refractivity contribution in [3.63, 3.8) is 0 Å². The molecule has 0 aliphatic carbocycles. The van der Waals surface area contributed by atoms with Crippen molar-refractivity contribution in [2.75, 3.05) is 19.7 Å². The van der Waals surface area contributed by atoms with Crippen LogP contribution in [0.1, 0.15) is 24.5 Å². The molecule has 0 saturated carbocycles. The van der Waals surface area contributed by atoms with E-state index in [1.54, 1.807) is 17.0 Å². The molecule has 1 aromatic carbocycles. The van der Waals surface area contributed by atoms with E-state index < -0.39 is 5.97 Å². The highest BCUT2D eigenvalue weighted by atomic mass is 35.5. The summed E-state index contributed by atoms with van der Waals surface area (Å²) in [6, 6.07) is 7.31. The molecule has 1 heterocycles. The maximum Gasteiger partial charge on any atom is 0.303 e. The van der Waals surface area contributed by atoms with E-state index in [-0.39, 0.29) is 24.9 Å². The number of carbonyl (C=O) groups is 2. The summed E-state index contributed by atoms with van der Waals surface area (Å²) in [6.07, 6.45) is -0.292. The van der Waals surface area contributed by atoms with Crippen molar-refractivity contribution in [1.29, 1.82) is 0 Å². The molecule has 6 heteroatoms. The predicted octanol–water partition coefficient (Wildman–Crippen LogP) is 2.10. The van der Waals surface area contributed by atoms with E-state index in [1.165, 1.54) is 0 Å². The zero-order chi connectivity index (χ0) is 14.5. The van der Waals surface area contributed by atoms with Gasteiger partial charge in [-0.3, -0.25) is 9.59 Å². The fourth-order valence-corrected chi connectivity index (χ4v) is 2.25. The summed E-state index contributed by atoms with van der Waals surface area (Å²) in [5.74, 6) is -1.10. The Balaban J connectivity index is 1.96. The van der Waals surface area contributed by atoms with Crippen LogP contribution in [0.15, 0.2) is 24.3 Å². The van der Waals surface area contributed by atoms with Gasteiger partial charge in [0.2, 0.25) is 5.91 Å². The second-order valence-electron chi connectivity index (χ2n) is 4.64. The molecular weight excluding hydrogens is 282 g/mol. The Morgan fingerprint density at radius 1 is 1.30 bits per heavy atom. The van der Waals surface area contributed by atoms with Crippen LogP contribution >= 0.6 is 11.6 Å². The van der Waals surface area contributed by atoms with Gasteiger partial charge in [-0.1, -0.05) is 23.7 Å². The van der Waals surface area contributed by atoms with E-state index in [1.807, 2.05) is 12.1 Å². The summed E-state index contributed by atoms with van der Waals surface area (Å²) in [5.41, 5.74) is 0.963. The van der Waals surface area contributed by atoms with Crippen molar-refractivity contribution in [2.45, 2.75) is 18.9 Å². The smallest absolute Gasteiger partial charge is 0.303 e. The molecule has 1 fully saturated rings. The third-order valence-electron chi connectivity index (χ3n) is 3.21. The van der Waals surface area contributed by atoms with Crippen LogP contribution in [-0.4, -0.2) is 41.6 Å². The van der Waals surface area contributed by atoms with Crippen LogP contribution in [0.4, 0.5) is 0 Å². The predicted molar refractivity (Wildman–Crippen MR) is 73.6 cm³/mol. The second-order valence-corrected chi connectivity index (χ2v) is 5.08. The number of carbonyl (C=O) groups excluding carboxylic acids is 1. The zero-order valence-electron chi connectivity index (χ0n) is 10.9. The van der Waals surface area contributed by atoms with E-state index in [0.717, 1.165) is 5.56 Å². The van der Waals surface area contributed by atoms with Crippen LogP contribution in [0.3, 0.4) is 0 Å². The molecule has 1 amide bonds. The first-order valence-electron chi connectivity index (χ1n) is 6.43. The SMILES string of the molecule is O=C(O)CCC(=O)N1CCOC(c2ccc(Cl)cc2)C1. The summed E-state index contributed by atoms with van der Waals surface area (Å²) < 4.78 is 5.66. The Bertz CT molecular complexity index is 488. The number of hydrogen-bond donors (Lipinski definition) is 1. The van der Waals surface area contributed by atoms with Crippen LogP contribution in [0, 0.1) is 0 Å². The molecule has 0 radical (unpaired) electrons. The lowest BCUT2D eigenvalue weighted by molar-refractivity contribution is -0.144. The Morgan fingerprint density at radius 3 is 2.65 bits per heavy atom. The number of rotatable bonds is 4. The average Bonchev–Trinajstić information content (AvgIpc) is 2.45. The fraction of sp³-hybridized carbons (Fsp3) is 0.429. The van der Waals surface area contributed by atoms with E-state index in [9.17, 15) is 9.59 Å². The summed E-state index contributed by atoms with van der Waals surface area (Å²) >= 11 is 5.84. The van der Waals surface area contributed by atoms with Gasteiger partial charge < -0.3 is 14.7 Å². The molecule has 1 N–H and O–H groups in total. The van der Waals surface area contributed by atoms with Gasteiger partial charge in [-0.15, -0.1) is 0 Å². The molecule has 1 unspecified atom stereocenters. The molecule has 0 aromatic heterocycles. The Morgan fingerprint density at radius 2 is 2.00 bits per heavy atom. The fourth-order valence-electron chi connectivity index (χ4n) is 2.13. The van der Waals surface area contributed by atoms with Gasteiger partial charge in [0.05, 0.1) is 19.6 Å². The van der Waals surface area contributed by atoms with Crippen molar-refractivity contribution < 1.29 is 19.4 Å². The lowest BCUT2D eigenvalue weighted by Crippen LogP contribution is -2.42. The number of carboxylic acids is 1. The van der Waals surface area contributed by atoms with Crippen molar-refractivity contribution in [3.8, 4) is 0 Å². The first-order chi connectivity index (χ1) is 9.56. The number of halogens is 1. The topological polar surface area (TPSA) is 66.8 Å². The molecule has 0 spiro atoms. The highest BCUT2D eigenvalue weighted by molar-refractivity contribution is 6.30. The van der Waals surface area contributed by atoms with Crippen molar-refractivity contribution in [2.24, 2.45) is 0 Å². The molecule has 5 nitrogen and oxygen atoms in total. The number of amides is 1. The van der Waals surface area contributed by atoms with Gasteiger partial charge >= 0.3 is 5.97 Å². The van der Waals surface area contributed by atoms with Crippen molar-refractivity contribution in [1.82, 2.24) is 4.90 Å². The van der Waals surface area contributed by atoms with E-state index >= 15 is 0 Å². The Hall–Kier alpha value is -1.59. The van der Waals surface area contributed by atoms with Gasteiger partial charge in [0.15, 0.2) is 0 Å². The van der Waals surface area contributed by atoms with Crippen LogP contribution in [0.2, 0.25) is 5.02 Å². The van der Waals surface area contributed by atoms with Crippen LogP contribution in [0.5, 0.6) is 0 Å². The normalized spacial score (nSPS) is 18.9. The summed E-state index contributed by atoms with van der Waals surface area (Å²) in [7, 11) is 0. The van der Waals surface area contributed by atoms with Gasteiger partial charge in [0.25, 0.3) is 0 Å². The van der Waals surface area contributed by atoms with Gasteiger partial charge in [0.1, 0.15) is 6.10 Å². The monoisotopic (exact) mass is 297 g/mol. The number of carboxylic acid groups (broad SMARTS) is 1. The molecule has 1 aliphatic rings. The lowest BCUT2D eigenvalue weighted by Gasteiger charge is -2.33. The Labute approximate surface area is 122 Å². The molecule has 1 aliphatic heterocycles. The molecule has 0 bridgehead atoms. The second kappa shape index (κ2) is 6.72. The molecular formula is C14H16ClNO4. The summed E-state index contributed by atoms with van der Waals surface area (Å²) in [5, 5.41) is 9.26. The lowest BCUT2D eigenvalue weighted by atomic mass is 10.1. The third kappa shape index (κ3) is 3.95. The molecule has 1 atom stereocenters. The molecule has 1 saturated heterocycles. The minimum atomic E-state index is -0.958. The largest absolute Gasteiger partial charge is 0.481 e. The molecule has 108 valence electrons. The highest BCUT2D eigenvalue weighted by Gasteiger charge is 2.25. The van der Waals surface area contributed by atoms with Crippen molar-refractivity contribution >= 4 is 23.5 Å². The van der Waals surface area contributed by atoms with Gasteiger partial charge in [-0.25, -0.2) is 0 Å². The number of benzene rings is 1. The Kier molecular flexibility index (Phi) is 4.98. The average molecular weight is 298 g/mol. The van der Waals surface area contributed by atoms with E-state index in [4.69, 9.17) is 21.4 Å². The number of aliphatic carboxylic acids is 1. The number of hydrogen-bond acceptors (Lipinski definition) is 3. The minimum Gasteiger partial charge on any atom is -0.481 e. The standard InChI is InChI=1S/C14H16ClNO4/c15-11-3-1-10(2-4-11)12-9-16(7-8-20-12)13(17)5-6-14(18)19/h1-4,12H,5-9H2,(H,18,19). The van der Waals surface area contributed by atoms with Crippen LogP contribution in [-0.2, 0) is 14.3 Å². The zero-order valence-corrected chi connectivity index (χ0v) is 11.7. The maximum absolute atomic E-state index is 11.9. The molecule has 1 aromatic rings. The first-order valence-corrected chi connectivity index (χ1v) is 6.80. The van der Waals surface area contributed by atoms with Gasteiger partial charge in [-0.05, 0) is 17.7 Å². The minimum absolute atomic E-state index is 0.0304. The van der Waals surface area contributed by atoms with Crippen LogP contribution < -0.4 is 0 Å². The maximum atomic E-state index is 11.9. The van der Waals surface area contributed by atoms with E-state index in [2.05, 4.69) is 0 Å². The summed E-state index contributed by atoms with van der Waals surface area (Å²) in [6.45, 7) is 1.40. The summed E-state index contributed by atoms with van der Waals surface area (Å²) in [4.78, 5) is 24.1. The first kappa shape index (κ1) is 14.8. The van der Waals surface area contributed by atoms with E-state index in [0.29, 0.717) is 24.7 Å². The third-order valence-corrected chi connectivity index (χ3v) is 3.47. The van der Waals surface area contributed by atoms with Crippen LogP contribution in [0.25, 0.3) is 0 Å². The number of nitrogens with zero attached hydrogens (tertiary/aromatic N) is 1. The molecule has 20 heavy (non-hydrogen) atoms. The number of morpholine rings is 1. The van der Waals surface area contributed by atoms with Gasteiger partial charge in [0, 0.05) is 18.0 Å².